The number of allylic oxidation sites excluding steroid dienone is 3. The van der Waals surface area contributed by atoms with Crippen LogP contribution in [0.1, 0.15) is 26.7 Å². The minimum absolute atomic E-state index is 0.446. The molecule has 0 aliphatic rings. The van der Waals surface area contributed by atoms with E-state index in [1.165, 1.54) is 6.08 Å². The summed E-state index contributed by atoms with van der Waals surface area (Å²) >= 11 is 0. The van der Waals surface area contributed by atoms with E-state index in [1.807, 2.05) is 13.8 Å². The van der Waals surface area contributed by atoms with E-state index in [-0.39, 0.29) is 0 Å². The average Bonchev–Trinajstić information content (AvgIpc) is 1.97. The van der Waals surface area contributed by atoms with E-state index in [4.69, 9.17) is 4.74 Å². The Hall–Kier alpha value is -0.790. The monoisotopic (exact) mass is 158 g/mol. The molecule has 0 unspecified atom stereocenters. The summed E-state index contributed by atoms with van der Waals surface area (Å²) in [6.07, 6.45) is 2.98. The van der Waals surface area contributed by atoms with Gasteiger partial charge in [-0.1, -0.05) is 20.4 Å². The van der Waals surface area contributed by atoms with Gasteiger partial charge in [0.1, 0.15) is 5.83 Å². The lowest BCUT2D eigenvalue weighted by Gasteiger charge is -2.05. The van der Waals surface area contributed by atoms with Crippen LogP contribution in [0, 0.1) is 0 Å². The van der Waals surface area contributed by atoms with Gasteiger partial charge in [0.05, 0.1) is 12.4 Å². The Bertz CT molecular complexity index is 150. The third-order valence-electron chi connectivity index (χ3n) is 1.16. The third-order valence-corrected chi connectivity index (χ3v) is 1.16. The Kier molecular flexibility index (Phi) is 5.53. The van der Waals surface area contributed by atoms with Gasteiger partial charge in [-0.15, -0.1) is 0 Å². The lowest BCUT2D eigenvalue weighted by Crippen LogP contribution is -1.92. The van der Waals surface area contributed by atoms with Crippen LogP contribution in [0.3, 0.4) is 0 Å². The van der Waals surface area contributed by atoms with Crippen LogP contribution >= 0.6 is 0 Å². The molecule has 0 heterocycles. The van der Waals surface area contributed by atoms with Crippen molar-refractivity contribution in [3.8, 4) is 0 Å². The summed E-state index contributed by atoms with van der Waals surface area (Å²) in [6, 6.07) is 0. The predicted octanol–water partition coefficient (Wildman–Crippen LogP) is 3.19. The van der Waals surface area contributed by atoms with Gasteiger partial charge in [0, 0.05) is 12.5 Å². The Morgan fingerprint density at radius 3 is 2.55 bits per heavy atom. The van der Waals surface area contributed by atoms with E-state index in [0.29, 0.717) is 18.8 Å². The van der Waals surface area contributed by atoms with Gasteiger partial charge in [-0.25, -0.2) is 4.39 Å². The Labute approximate surface area is 67.6 Å². The molecule has 0 spiro atoms. The molecule has 0 radical (unpaired) electrons. The summed E-state index contributed by atoms with van der Waals surface area (Å²) < 4.78 is 17.4. The first kappa shape index (κ1) is 10.2. The number of rotatable bonds is 5. The summed E-state index contributed by atoms with van der Waals surface area (Å²) in [6.45, 7) is 7.71. The summed E-state index contributed by atoms with van der Waals surface area (Å²) in [5.74, 6) is 0.220. The zero-order chi connectivity index (χ0) is 8.69. The highest BCUT2D eigenvalue weighted by molar-refractivity contribution is 5.10. The molecule has 0 amide bonds. The van der Waals surface area contributed by atoms with Crippen molar-refractivity contribution in [2.24, 2.45) is 0 Å². The first-order valence-corrected chi connectivity index (χ1v) is 3.88. The Morgan fingerprint density at radius 1 is 1.55 bits per heavy atom. The SMILES string of the molecule is C=C(F)/C=C(\CC)OCCC. The van der Waals surface area contributed by atoms with Crippen LogP contribution in [0.25, 0.3) is 0 Å². The first-order valence-electron chi connectivity index (χ1n) is 3.88. The van der Waals surface area contributed by atoms with Crippen molar-refractivity contribution in [3.05, 3.63) is 24.2 Å². The molecule has 0 aliphatic carbocycles. The molecule has 0 bridgehead atoms. The molecule has 0 aromatic heterocycles. The highest BCUT2D eigenvalue weighted by atomic mass is 19.1. The molecule has 11 heavy (non-hydrogen) atoms. The van der Waals surface area contributed by atoms with E-state index in [9.17, 15) is 4.39 Å². The molecule has 64 valence electrons. The van der Waals surface area contributed by atoms with Gasteiger partial charge in [-0.2, -0.15) is 0 Å². The van der Waals surface area contributed by atoms with Gasteiger partial charge in [0.15, 0.2) is 0 Å². The second-order valence-electron chi connectivity index (χ2n) is 2.26. The average molecular weight is 158 g/mol. The lowest BCUT2D eigenvalue weighted by atomic mass is 10.3. The molecule has 0 fully saturated rings. The molecule has 0 rings (SSSR count). The quantitative estimate of drug-likeness (QED) is 0.441. The predicted molar refractivity (Wildman–Crippen MR) is 44.9 cm³/mol. The van der Waals surface area contributed by atoms with Crippen LogP contribution < -0.4 is 0 Å². The molecule has 1 nitrogen and oxygen atoms in total. The molecule has 0 saturated heterocycles. The van der Waals surface area contributed by atoms with Crippen molar-refractivity contribution >= 4 is 0 Å². The molecular formula is C9H15FO. The smallest absolute Gasteiger partial charge is 0.119 e. The van der Waals surface area contributed by atoms with E-state index in [1.54, 1.807) is 0 Å². The van der Waals surface area contributed by atoms with Gasteiger partial charge in [0.2, 0.25) is 0 Å². The zero-order valence-corrected chi connectivity index (χ0v) is 7.19. The van der Waals surface area contributed by atoms with E-state index in [0.717, 1.165) is 6.42 Å². The second-order valence-corrected chi connectivity index (χ2v) is 2.26. The number of halogens is 1. The normalized spacial score (nSPS) is 11.4. The fourth-order valence-corrected chi connectivity index (χ4v) is 0.654. The van der Waals surface area contributed by atoms with E-state index in [2.05, 4.69) is 6.58 Å². The summed E-state index contributed by atoms with van der Waals surface area (Å²) in [7, 11) is 0. The molecule has 0 atom stereocenters. The third kappa shape index (κ3) is 5.64. The summed E-state index contributed by atoms with van der Waals surface area (Å²) in [5.41, 5.74) is 0. The minimum atomic E-state index is -0.446. The van der Waals surface area contributed by atoms with E-state index < -0.39 is 5.83 Å². The Morgan fingerprint density at radius 2 is 2.18 bits per heavy atom. The molecule has 0 aliphatic heterocycles. The topological polar surface area (TPSA) is 9.23 Å². The van der Waals surface area contributed by atoms with Gasteiger partial charge < -0.3 is 4.74 Å². The fourth-order valence-electron chi connectivity index (χ4n) is 0.654. The maximum atomic E-state index is 12.2. The molecule has 0 N–H and O–H groups in total. The zero-order valence-electron chi connectivity index (χ0n) is 7.19. The van der Waals surface area contributed by atoms with Crippen LogP contribution in [0.15, 0.2) is 24.2 Å². The van der Waals surface area contributed by atoms with Crippen molar-refractivity contribution in [1.29, 1.82) is 0 Å². The van der Waals surface area contributed by atoms with Crippen molar-refractivity contribution in [3.63, 3.8) is 0 Å². The van der Waals surface area contributed by atoms with Crippen LogP contribution in [0.2, 0.25) is 0 Å². The van der Waals surface area contributed by atoms with Gasteiger partial charge in [-0.3, -0.25) is 0 Å². The van der Waals surface area contributed by atoms with Crippen LogP contribution in [-0.2, 0) is 4.74 Å². The number of ether oxygens (including phenoxy) is 1. The van der Waals surface area contributed by atoms with Crippen molar-refractivity contribution < 1.29 is 9.13 Å². The maximum Gasteiger partial charge on any atom is 0.119 e. The highest BCUT2D eigenvalue weighted by Gasteiger charge is 1.94. The van der Waals surface area contributed by atoms with Crippen molar-refractivity contribution in [2.45, 2.75) is 26.7 Å². The highest BCUT2D eigenvalue weighted by Crippen LogP contribution is 2.07. The van der Waals surface area contributed by atoms with Crippen LogP contribution in [0.4, 0.5) is 4.39 Å². The van der Waals surface area contributed by atoms with Crippen molar-refractivity contribution in [1.82, 2.24) is 0 Å². The second kappa shape index (κ2) is 5.96. The molecule has 0 aromatic rings. The fraction of sp³-hybridized carbons (Fsp3) is 0.556. The van der Waals surface area contributed by atoms with E-state index >= 15 is 0 Å². The lowest BCUT2D eigenvalue weighted by molar-refractivity contribution is 0.204. The summed E-state index contributed by atoms with van der Waals surface area (Å²) in [5, 5.41) is 0. The largest absolute Gasteiger partial charge is 0.498 e. The molecular weight excluding hydrogens is 143 g/mol. The van der Waals surface area contributed by atoms with Crippen molar-refractivity contribution in [2.75, 3.05) is 6.61 Å². The maximum absolute atomic E-state index is 12.2. The first-order chi connectivity index (χ1) is 5.20. The van der Waals surface area contributed by atoms with Gasteiger partial charge in [0.25, 0.3) is 0 Å². The molecule has 2 heteroatoms. The number of hydrogen-bond donors (Lipinski definition) is 0. The standard InChI is InChI=1S/C9H15FO/c1-4-6-11-9(5-2)7-8(3)10/h7H,3-6H2,1-2H3/b9-7+. The van der Waals surface area contributed by atoms with Crippen LogP contribution in [-0.4, -0.2) is 6.61 Å². The van der Waals surface area contributed by atoms with Gasteiger partial charge >= 0.3 is 0 Å². The summed E-state index contributed by atoms with van der Waals surface area (Å²) in [4.78, 5) is 0. The van der Waals surface area contributed by atoms with Crippen LogP contribution in [0.5, 0.6) is 0 Å². The molecule has 0 aromatic carbocycles. The minimum Gasteiger partial charge on any atom is -0.498 e. The number of hydrogen-bond acceptors (Lipinski definition) is 1. The van der Waals surface area contributed by atoms with Gasteiger partial charge in [-0.05, 0) is 6.42 Å². The molecule has 0 saturated carbocycles. The Balaban J connectivity index is 3.84.